The number of ether oxygens (including phenoxy) is 1. The molecule has 0 amide bonds. The number of hydrogen-bond donors (Lipinski definition) is 0. The average Bonchev–Trinajstić information content (AvgIpc) is 2.46. The van der Waals surface area contributed by atoms with E-state index < -0.39 is 18.4 Å². The summed E-state index contributed by atoms with van der Waals surface area (Å²) in [7, 11) is 0. The second-order valence-corrected chi connectivity index (χ2v) is 3.07. The van der Waals surface area contributed by atoms with Gasteiger partial charge in [0.2, 0.25) is 0 Å². The van der Waals surface area contributed by atoms with Crippen molar-refractivity contribution in [2.24, 2.45) is 0 Å². The fourth-order valence-corrected chi connectivity index (χ4v) is 1.33. The van der Waals surface area contributed by atoms with Crippen molar-refractivity contribution in [1.29, 1.82) is 0 Å². The standard InChI is InChI=1S/C8H5BF3O2.K/c10-9(11,12)6-2-1-5-4-14-8(13)7(5)3-6;/h1-3H,4H2;/q-1;+1. The number of benzene rings is 1. The van der Waals surface area contributed by atoms with Crippen LogP contribution in [0.2, 0.25) is 0 Å². The van der Waals surface area contributed by atoms with E-state index in [2.05, 4.69) is 4.74 Å². The van der Waals surface area contributed by atoms with Gasteiger partial charge in [0.05, 0.1) is 5.56 Å². The molecule has 0 spiro atoms. The predicted octanol–water partition coefficient (Wildman–Crippen LogP) is -1.58. The largest absolute Gasteiger partial charge is 1.00 e. The van der Waals surface area contributed by atoms with Crippen molar-refractivity contribution < 1.29 is 73.9 Å². The summed E-state index contributed by atoms with van der Waals surface area (Å²) in [6.45, 7) is -4.98. The second kappa shape index (κ2) is 4.59. The Balaban J connectivity index is 0.00000112. The fraction of sp³-hybridized carbons (Fsp3) is 0.125. The summed E-state index contributed by atoms with van der Waals surface area (Å²) >= 11 is 0. The van der Waals surface area contributed by atoms with Crippen molar-refractivity contribution in [3.63, 3.8) is 0 Å². The zero-order valence-corrected chi connectivity index (χ0v) is 11.1. The Morgan fingerprint density at radius 3 is 2.53 bits per heavy atom. The normalized spacial score (nSPS) is 14.2. The molecule has 0 saturated heterocycles. The van der Waals surface area contributed by atoms with E-state index in [1.165, 1.54) is 6.07 Å². The molecule has 1 heterocycles. The second-order valence-electron chi connectivity index (χ2n) is 3.07. The van der Waals surface area contributed by atoms with Gasteiger partial charge in [-0.1, -0.05) is 18.2 Å². The summed E-state index contributed by atoms with van der Waals surface area (Å²) in [5, 5.41) is 0. The van der Waals surface area contributed by atoms with Crippen LogP contribution < -0.4 is 56.8 Å². The summed E-state index contributed by atoms with van der Waals surface area (Å²) in [6.07, 6.45) is 0. The van der Waals surface area contributed by atoms with Crippen LogP contribution in [-0.4, -0.2) is 12.9 Å². The SMILES string of the molecule is O=C1OCc2ccc([B-](F)(F)F)cc21.[K+]. The van der Waals surface area contributed by atoms with Crippen LogP contribution >= 0.6 is 0 Å². The molecule has 1 aliphatic heterocycles. The smallest absolute Gasteiger partial charge is 0.457 e. The number of hydrogen-bond acceptors (Lipinski definition) is 2. The van der Waals surface area contributed by atoms with Gasteiger partial charge in [0.25, 0.3) is 0 Å². The van der Waals surface area contributed by atoms with Gasteiger partial charge >= 0.3 is 64.3 Å². The van der Waals surface area contributed by atoms with Crippen molar-refractivity contribution in [2.75, 3.05) is 0 Å². The summed E-state index contributed by atoms with van der Waals surface area (Å²) < 4.78 is 41.5. The van der Waals surface area contributed by atoms with Crippen LogP contribution in [0.3, 0.4) is 0 Å². The Morgan fingerprint density at radius 2 is 1.93 bits per heavy atom. The molecule has 0 unspecified atom stereocenters. The molecule has 0 fully saturated rings. The molecule has 0 N–H and O–H groups in total. The van der Waals surface area contributed by atoms with Gasteiger partial charge in [-0.3, -0.25) is 0 Å². The van der Waals surface area contributed by atoms with Crippen molar-refractivity contribution in [2.45, 2.75) is 6.61 Å². The molecule has 0 radical (unpaired) electrons. The number of halogens is 3. The molecule has 0 saturated carbocycles. The zero-order valence-electron chi connectivity index (χ0n) is 7.97. The van der Waals surface area contributed by atoms with Gasteiger partial charge in [-0.2, -0.15) is 0 Å². The van der Waals surface area contributed by atoms with Crippen molar-refractivity contribution >= 4 is 18.4 Å². The zero-order chi connectivity index (χ0) is 10.3. The maximum Gasteiger partial charge on any atom is 1.00 e. The molecule has 74 valence electrons. The minimum absolute atomic E-state index is 0. The summed E-state index contributed by atoms with van der Waals surface area (Å²) in [6, 6.07) is 3.11. The van der Waals surface area contributed by atoms with Crippen LogP contribution in [0.1, 0.15) is 15.9 Å². The molecule has 2 rings (SSSR count). The van der Waals surface area contributed by atoms with E-state index >= 15 is 0 Å². The van der Waals surface area contributed by atoms with E-state index in [0.717, 1.165) is 12.1 Å². The van der Waals surface area contributed by atoms with E-state index in [-0.39, 0.29) is 63.6 Å². The van der Waals surface area contributed by atoms with Gasteiger partial charge < -0.3 is 17.7 Å². The van der Waals surface area contributed by atoms with Crippen LogP contribution in [0.15, 0.2) is 18.2 Å². The monoisotopic (exact) mass is 240 g/mol. The molecule has 15 heavy (non-hydrogen) atoms. The van der Waals surface area contributed by atoms with Gasteiger partial charge in [0.1, 0.15) is 6.61 Å². The molecule has 1 aromatic rings. The quantitative estimate of drug-likeness (QED) is 0.437. The van der Waals surface area contributed by atoms with Crippen molar-refractivity contribution in [3.05, 3.63) is 29.3 Å². The Morgan fingerprint density at radius 1 is 1.27 bits per heavy atom. The van der Waals surface area contributed by atoms with Gasteiger partial charge in [0.15, 0.2) is 0 Å². The van der Waals surface area contributed by atoms with E-state index in [4.69, 9.17) is 0 Å². The number of carbonyl (C=O) groups is 1. The average molecular weight is 240 g/mol. The first-order valence-corrected chi connectivity index (χ1v) is 3.98. The molecule has 7 heteroatoms. The van der Waals surface area contributed by atoms with Crippen LogP contribution in [0.4, 0.5) is 12.9 Å². The van der Waals surface area contributed by atoms with Crippen molar-refractivity contribution in [1.82, 2.24) is 0 Å². The van der Waals surface area contributed by atoms with Crippen LogP contribution in [0.5, 0.6) is 0 Å². The third kappa shape index (κ3) is 2.65. The molecular formula is C8H5BF3KO2. The Kier molecular flexibility index (Phi) is 4.05. The molecule has 0 aromatic heterocycles. The van der Waals surface area contributed by atoms with Gasteiger partial charge in [0, 0.05) is 5.56 Å². The number of cyclic esters (lactones) is 1. The van der Waals surface area contributed by atoms with Gasteiger partial charge in [-0.15, -0.1) is 5.46 Å². The molecule has 2 nitrogen and oxygen atoms in total. The first-order chi connectivity index (χ1) is 6.48. The molecule has 0 aliphatic carbocycles. The molecule has 0 bridgehead atoms. The number of rotatable bonds is 1. The van der Waals surface area contributed by atoms with Crippen molar-refractivity contribution in [3.8, 4) is 0 Å². The summed E-state index contributed by atoms with van der Waals surface area (Å²) in [5.41, 5.74) is -0.219. The van der Waals surface area contributed by atoms with E-state index in [9.17, 15) is 17.7 Å². The first kappa shape index (κ1) is 13.2. The number of carbonyl (C=O) groups excluding carboxylic acids is 1. The van der Waals surface area contributed by atoms with E-state index in [1.54, 1.807) is 0 Å². The van der Waals surface area contributed by atoms with Gasteiger partial charge in [-0.25, -0.2) is 4.79 Å². The molecule has 1 aromatic carbocycles. The maximum atomic E-state index is 12.3. The minimum Gasteiger partial charge on any atom is -0.457 e. The minimum atomic E-state index is -5.05. The first-order valence-electron chi connectivity index (χ1n) is 3.98. The molecule has 1 aliphatic rings. The van der Waals surface area contributed by atoms with Crippen LogP contribution in [0, 0.1) is 0 Å². The Bertz CT molecular complexity index is 405. The molecular weight excluding hydrogens is 235 g/mol. The number of esters is 1. The van der Waals surface area contributed by atoms with Crippen LogP contribution in [0.25, 0.3) is 0 Å². The predicted molar refractivity (Wildman–Crippen MR) is 44.3 cm³/mol. The summed E-state index contributed by atoms with van der Waals surface area (Å²) in [5.74, 6) is -0.679. The Hall–Kier alpha value is 0.181. The Labute approximate surface area is 127 Å². The molecule has 0 atom stereocenters. The fourth-order valence-electron chi connectivity index (χ4n) is 1.33. The summed E-state index contributed by atoms with van der Waals surface area (Å²) in [4.78, 5) is 11.0. The van der Waals surface area contributed by atoms with Gasteiger partial charge in [-0.05, 0) is 0 Å². The topological polar surface area (TPSA) is 26.3 Å². The maximum absolute atomic E-state index is 12.3. The van der Waals surface area contributed by atoms with E-state index in [1.807, 2.05) is 0 Å². The third-order valence-electron chi connectivity index (χ3n) is 2.09. The van der Waals surface area contributed by atoms with Crippen LogP contribution in [-0.2, 0) is 11.3 Å². The van der Waals surface area contributed by atoms with E-state index in [0.29, 0.717) is 5.56 Å². The third-order valence-corrected chi connectivity index (χ3v) is 2.09. The number of fused-ring (bicyclic) bond motifs is 1.